The fourth-order valence-electron chi connectivity index (χ4n) is 1.95. The van der Waals surface area contributed by atoms with Crippen LogP contribution in [-0.4, -0.2) is 30.9 Å². The van der Waals surface area contributed by atoms with Gasteiger partial charge in [-0.25, -0.2) is 4.98 Å². The number of aryl methyl sites for hydroxylation is 1. The lowest BCUT2D eigenvalue weighted by Gasteiger charge is -2.07. The highest BCUT2D eigenvalue weighted by Crippen LogP contribution is 2.26. The zero-order chi connectivity index (χ0) is 19.1. The second kappa shape index (κ2) is 10.5. The molecule has 3 aromatic rings. The minimum absolute atomic E-state index is 0. The maximum atomic E-state index is 11.5. The van der Waals surface area contributed by atoms with E-state index >= 15 is 0 Å². The SMILES string of the molecule is C[S+]([O-])c1nc(N)nc(-c2ccco2)c1C#N.Cc1ccc(CO)cn1.Cl. The molecule has 142 valence electrons. The van der Waals surface area contributed by atoms with Crippen molar-refractivity contribution in [3.8, 4) is 17.5 Å². The lowest BCUT2D eigenvalue weighted by atomic mass is 10.2. The Morgan fingerprint density at radius 1 is 1.33 bits per heavy atom. The van der Waals surface area contributed by atoms with Gasteiger partial charge in [-0.05, 0) is 30.7 Å². The van der Waals surface area contributed by atoms with Crippen LogP contribution in [0.4, 0.5) is 5.95 Å². The number of furan rings is 1. The molecule has 0 aliphatic rings. The van der Waals surface area contributed by atoms with Crippen LogP contribution in [0.25, 0.3) is 11.5 Å². The molecule has 27 heavy (non-hydrogen) atoms. The molecule has 3 heterocycles. The van der Waals surface area contributed by atoms with Gasteiger partial charge in [-0.2, -0.15) is 10.2 Å². The van der Waals surface area contributed by atoms with Crippen molar-refractivity contribution in [1.82, 2.24) is 15.0 Å². The van der Waals surface area contributed by atoms with E-state index in [1.807, 2.05) is 25.1 Å². The molecule has 0 saturated heterocycles. The molecule has 0 aliphatic heterocycles. The Morgan fingerprint density at radius 2 is 2.07 bits per heavy atom. The molecule has 1 atom stereocenters. The monoisotopic (exact) mass is 407 g/mol. The highest BCUT2D eigenvalue weighted by molar-refractivity contribution is 7.90. The van der Waals surface area contributed by atoms with Crippen molar-refractivity contribution in [2.45, 2.75) is 18.6 Å². The van der Waals surface area contributed by atoms with Crippen molar-refractivity contribution in [3.05, 3.63) is 53.5 Å². The van der Waals surface area contributed by atoms with E-state index < -0.39 is 11.2 Å². The van der Waals surface area contributed by atoms with Gasteiger partial charge < -0.3 is 19.8 Å². The van der Waals surface area contributed by atoms with Gasteiger partial charge in [0.1, 0.15) is 18.0 Å². The lowest BCUT2D eigenvalue weighted by Crippen LogP contribution is -2.09. The molecule has 1 unspecified atom stereocenters. The first-order valence-electron chi connectivity index (χ1n) is 7.43. The van der Waals surface area contributed by atoms with E-state index in [1.54, 1.807) is 18.3 Å². The maximum Gasteiger partial charge on any atom is 0.267 e. The fourth-order valence-corrected chi connectivity index (χ4v) is 2.60. The van der Waals surface area contributed by atoms with Crippen LogP contribution in [0.3, 0.4) is 0 Å². The number of aliphatic hydroxyl groups is 1. The summed E-state index contributed by atoms with van der Waals surface area (Å²) in [5.41, 5.74) is 7.74. The molecule has 0 aliphatic carbocycles. The topological polar surface area (TPSA) is 145 Å². The van der Waals surface area contributed by atoms with Crippen molar-refractivity contribution in [1.29, 1.82) is 5.26 Å². The number of pyridine rings is 1. The zero-order valence-corrected chi connectivity index (χ0v) is 16.3. The average Bonchev–Trinajstić information content (AvgIpc) is 3.16. The number of anilines is 1. The summed E-state index contributed by atoms with van der Waals surface area (Å²) >= 11 is -1.42. The number of nitrogens with zero attached hydrogens (tertiary/aromatic N) is 4. The molecule has 0 spiro atoms. The molecule has 3 aromatic heterocycles. The molecular formula is C17H18ClN5O3S. The van der Waals surface area contributed by atoms with Crippen LogP contribution in [-0.2, 0) is 17.8 Å². The molecule has 0 bridgehead atoms. The summed E-state index contributed by atoms with van der Waals surface area (Å²) in [7, 11) is 0. The van der Waals surface area contributed by atoms with Crippen molar-refractivity contribution in [2.75, 3.05) is 12.0 Å². The second-order valence-corrected chi connectivity index (χ2v) is 6.41. The predicted octanol–water partition coefficient (Wildman–Crippen LogP) is 2.23. The van der Waals surface area contributed by atoms with E-state index in [-0.39, 0.29) is 41.2 Å². The van der Waals surface area contributed by atoms with Gasteiger partial charge in [0, 0.05) is 23.1 Å². The van der Waals surface area contributed by atoms with Crippen LogP contribution in [0, 0.1) is 18.3 Å². The van der Waals surface area contributed by atoms with Gasteiger partial charge in [0.25, 0.3) is 5.03 Å². The van der Waals surface area contributed by atoms with E-state index in [4.69, 9.17) is 20.5 Å². The van der Waals surface area contributed by atoms with Crippen molar-refractivity contribution in [2.24, 2.45) is 0 Å². The third-order valence-corrected chi connectivity index (χ3v) is 4.03. The van der Waals surface area contributed by atoms with Crippen LogP contribution < -0.4 is 5.73 Å². The number of rotatable bonds is 3. The first kappa shape index (κ1) is 22.4. The number of hydrogen-bond acceptors (Lipinski definition) is 8. The standard InChI is InChI=1S/C10H8N4O2S.C7H9NO.ClH/c1-17(15)9-6(5-11)8(13-10(12)14-9)7-3-2-4-16-7;1-6-2-3-7(5-9)4-8-6;/h2-4H,1H3,(H2,12,13,14);2-4,9H,5H2,1H3;1H. The second-order valence-electron chi connectivity index (χ2n) is 5.12. The third-order valence-electron chi connectivity index (χ3n) is 3.19. The molecule has 0 fully saturated rings. The zero-order valence-electron chi connectivity index (χ0n) is 14.6. The first-order valence-corrected chi connectivity index (χ1v) is 8.99. The van der Waals surface area contributed by atoms with Crippen molar-refractivity contribution >= 4 is 29.5 Å². The smallest absolute Gasteiger partial charge is 0.267 e. The summed E-state index contributed by atoms with van der Waals surface area (Å²) in [6, 6.07) is 8.98. The molecule has 0 radical (unpaired) electrons. The van der Waals surface area contributed by atoms with Gasteiger partial charge in [0.2, 0.25) is 5.95 Å². The fraction of sp³-hybridized carbons (Fsp3) is 0.176. The van der Waals surface area contributed by atoms with Gasteiger partial charge in [-0.3, -0.25) is 4.98 Å². The number of aromatic nitrogens is 3. The largest absolute Gasteiger partial charge is 0.610 e. The minimum Gasteiger partial charge on any atom is -0.610 e. The van der Waals surface area contributed by atoms with Crippen LogP contribution in [0.1, 0.15) is 16.8 Å². The third kappa shape index (κ3) is 5.94. The van der Waals surface area contributed by atoms with Crippen molar-refractivity contribution < 1.29 is 14.1 Å². The Labute approximate surface area is 165 Å². The van der Waals surface area contributed by atoms with E-state index in [1.165, 1.54) is 12.5 Å². The molecule has 0 amide bonds. The van der Waals surface area contributed by atoms with Crippen LogP contribution in [0.15, 0.2) is 46.2 Å². The van der Waals surface area contributed by atoms with Crippen LogP contribution in [0.2, 0.25) is 0 Å². The predicted molar refractivity (Wildman–Crippen MR) is 103 cm³/mol. The van der Waals surface area contributed by atoms with Gasteiger partial charge >= 0.3 is 0 Å². The number of hydrogen-bond donors (Lipinski definition) is 2. The highest BCUT2D eigenvalue weighted by atomic mass is 35.5. The summed E-state index contributed by atoms with van der Waals surface area (Å²) in [6.45, 7) is 1.99. The van der Waals surface area contributed by atoms with Gasteiger partial charge in [0.15, 0.2) is 11.3 Å². The molecule has 3 rings (SSSR count). The number of nitrogens with two attached hydrogens (primary N) is 1. The van der Waals surface area contributed by atoms with Crippen molar-refractivity contribution in [3.63, 3.8) is 0 Å². The van der Waals surface area contributed by atoms with Gasteiger partial charge in [-0.15, -0.1) is 12.4 Å². The van der Waals surface area contributed by atoms with Crippen LogP contribution >= 0.6 is 12.4 Å². The molecule has 10 heteroatoms. The maximum absolute atomic E-state index is 11.5. The average molecular weight is 408 g/mol. The molecular weight excluding hydrogens is 390 g/mol. The normalized spacial score (nSPS) is 10.8. The molecule has 0 saturated carbocycles. The summed E-state index contributed by atoms with van der Waals surface area (Å²) in [5, 5.41) is 17.8. The Hall–Kier alpha value is -2.64. The van der Waals surface area contributed by atoms with E-state index in [9.17, 15) is 4.55 Å². The lowest BCUT2D eigenvalue weighted by molar-refractivity contribution is 0.281. The minimum atomic E-state index is -1.42. The Balaban J connectivity index is 0.000000310. The Bertz CT molecular complexity index is 896. The number of nitriles is 1. The molecule has 0 aromatic carbocycles. The van der Waals surface area contributed by atoms with Crippen LogP contribution in [0.5, 0.6) is 0 Å². The van der Waals surface area contributed by atoms with Gasteiger partial charge in [-0.1, -0.05) is 6.07 Å². The number of aliphatic hydroxyl groups excluding tert-OH is 1. The first-order chi connectivity index (χ1) is 12.5. The molecule has 8 nitrogen and oxygen atoms in total. The summed E-state index contributed by atoms with van der Waals surface area (Å²) < 4.78 is 16.6. The molecule has 3 N–H and O–H groups in total. The summed E-state index contributed by atoms with van der Waals surface area (Å²) in [5.74, 6) is 0.350. The Kier molecular flexibility index (Phi) is 8.71. The number of halogens is 1. The van der Waals surface area contributed by atoms with E-state index in [0.29, 0.717) is 5.76 Å². The summed E-state index contributed by atoms with van der Waals surface area (Å²) in [4.78, 5) is 11.8. The number of nitrogen functional groups attached to an aromatic ring is 1. The highest BCUT2D eigenvalue weighted by Gasteiger charge is 2.22. The summed E-state index contributed by atoms with van der Waals surface area (Å²) in [6.07, 6.45) is 4.56. The Morgan fingerprint density at radius 3 is 2.56 bits per heavy atom. The van der Waals surface area contributed by atoms with E-state index in [0.717, 1.165) is 11.3 Å². The van der Waals surface area contributed by atoms with E-state index in [2.05, 4.69) is 15.0 Å². The van der Waals surface area contributed by atoms with Gasteiger partial charge in [0.05, 0.1) is 12.9 Å². The quantitative estimate of drug-likeness (QED) is 0.496.